The summed E-state index contributed by atoms with van der Waals surface area (Å²) in [6, 6.07) is 4.69. The largest absolute Gasteiger partial charge is 0.370 e. The van der Waals surface area contributed by atoms with Gasteiger partial charge < -0.3 is 9.64 Å². The van der Waals surface area contributed by atoms with E-state index >= 15 is 0 Å². The Morgan fingerprint density at radius 2 is 1.93 bits per heavy atom. The summed E-state index contributed by atoms with van der Waals surface area (Å²) in [5, 5.41) is 2.17. The van der Waals surface area contributed by atoms with Crippen LogP contribution in [-0.4, -0.2) is 68.4 Å². The van der Waals surface area contributed by atoms with Gasteiger partial charge >= 0.3 is 6.03 Å². The maximum atomic E-state index is 13.0. The van der Waals surface area contributed by atoms with E-state index in [1.54, 1.807) is 0 Å². The third kappa shape index (κ3) is 4.95. The summed E-state index contributed by atoms with van der Waals surface area (Å²) in [6.45, 7) is 4.52. The summed E-state index contributed by atoms with van der Waals surface area (Å²) >= 11 is 0. The van der Waals surface area contributed by atoms with Gasteiger partial charge in [0.15, 0.2) is 5.92 Å². The van der Waals surface area contributed by atoms with Crippen molar-refractivity contribution in [2.24, 2.45) is 10.9 Å². The predicted octanol–water partition coefficient (Wildman–Crippen LogP) is -0.994. The monoisotopic (exact) mass is 377 g/mol. The normalized spacial score (nSPS) is 21.7. The van der Waals surface area contributed by atoms with Crippen LogP contribution in [0.1, 0.15) is 5.56 Å². The number of halogens is 1. The van der Waals surface area contributed by atoms with Crippen LogP contribution in [0, 0.1) is 11.7 Å². The van der Waals surface area contributed by atoms with Crippen molar-refractivity contribution in [1.29, 1.82) is 0 Å². The number of hydrogen-bond acceptors (Lipinski definition) is 5. The average molecular weight is 377 g/mol. The third-order valence-corrected chi connectivity index (χ3v) is 4.59. The second kappa shape index (κ2) is 8.83. The van der Waals surface area contributed by atoms with Crippen molar-refractivity contribution in [2.45, 2.75) is 6.54 Å². The Kier molecular flexibility index (Phi) is 6.25. The van der Waals surface area contributed by atoms with Gasteiger partial charge in [-0.25, -0.2) is 9.18 Å². The second-order valence-corrected chi connectivity index (χ2v) is 6.49. The van der Waals surface area contributed by atoms with Gasteiger partial charge in [-0.05, 0) is 17.7 Å². The first-order chi connectivity index (χ1) is 13.0. The molecule has 0 spiro atoms. The zero-order chi connectivity index (χ0) is 19.2. The first kappa shape index (κ1) is 19.1. The van der Waals surface area contributed by atoms with Crippen LogP contribution in [0.15, 0.2) is 29.3 Å². The lowest BCUT2D eigenvalue weighted by molar-refractivity contribution is -0.906. The first-order valence-electron chi connectivity index (χ1n) is 8.86. The molecule has 2 fully saturated rings. The standard InChI is InChI=1S/C18H21FN4O4/c19-14-3-1-13(2-4-14)12-23-17(25)15(16(24)21-18(23)26)11-20-5-6-22-7-9-27-10-8-22/h1-4,11,15H,5-10,12H2,(H,21,24,26)/p+1/t15-/m1/s1. The molecule has 0 aromatic heterocycles. The molecule has 4 amide bonds. The average Bonchev–Trinajstić information content (AvgIpc) is 2.66. The Bertz CT molecular complexity index is 731. The summed E-state index contributed by atoms with van der Waals surface area (Å²) in [7, 11) is 0. The van der Waals surface area contributed by atoms with Crippen LogP contribution < -0.4 is 10.2 Å². The van der Waals surface area contributed by atoms with Crippen molar-refractivity contribution in [3.05, 3.63) is 35.6 Å². The molecule has 2 N–H and O–H groups in total. The van der Waals surface area contributed by atoms with E-state index in [2.05, 4.69) is 10.3 Å². The fraction of sp³-hybridized carbons (Fsp3) is 0.444. The topological polar surface area (TPSA) is 92.5 Å². The van der Waals surface area contributed by atoms with Crippen LogP contribution >= 0.6 is 0 Å². The maximum Gasteiger partial charge on any atom is 0.331 e. The fourth-order valence-corrected chi connectivity index (χ4v) is 3.00. The number of quaternary nitrogens is 1. The quantitative estimate of drug-likeness (QED) is 0.492. The summed E-state index contributed by atoms with van der Waals surface area (Å²) in [5.74, 6) is -2.85. The molecule has 0 aliphatic carbocycles. The fourth-order valence-electron chi connectivity index (χ4n) is 3.00. The summed E-state index contributed by atoms with van der Waals surface area (Å²) < 4.78 is 18.3. The van der Waals surface area contributed by atoms with Gasteiger partial charge in [0.2, 0.25) is 11.8 Å². The number of barbiturate groups is 1. The van der Waals surface area contributed by atoms with Gasteiger partial charge in [-0.2, -0.15) is 0 Å². The molecule has 2 saturated heterocycles. The smallest absolute Gasteiger partial charge is 0.331 e. The van der Waals surface area contributed by atoms with E-state index in [1.807, 2.05) is 0 Å². The zero-order valence-electron chi connectivity index (χ0n) is 14.8. The number of nitrogens with zero attached hydrogens (tertiary/aromatic N) is 2. The highest BCUT2D eigenvalue weighted by atomic mass is 19.1. The second-order valence-electron chi connectivity index (χ2n) is 6.49. The maximum absolute atomic E-state index is 13.0. The van der Waals surface area contributed by atoms with Crippen molar-refractivity contribution in [3.63, 3.8) is 0 Å². The minimum absolute atomic E-state index is 0.0412. The van der Waals surface area contributed by atoms with Crippen molar-refractivity contribution >= 4 is 24.1 Å². The SMILES string of the molecule is O=C1NC(=O)N(Cc2ccc(F)cc2)C(=O)[C@@H]1C=NCC[NH+]1CCOCC1. The number of carbonyl (C=O) groups is 3. The van der Waals surface area contributed by atoms with E-state index in [0.717, 1.165) is 37.7 Å². The van der Waals surface area contributed by atoms with Gasteiger partial charge in [0.05, 0.1) is 32.8 Å². The molecule has 0 radical (unpaired) electrons. The van der Waals surface area contributed by atoms with Crippen LogP contribution in [0.2, 0.25) is 0 Å². The van der Waals surface area contributed by atoms with Gasteiger partial charge in [-0.15, -0.1) is 0 Å². The Labute approximate surface area is 156 Å². The lowest BCUT2D eigenvalue weighted by Gasteiger charge is -2.28. The minimum atomic E-state index is -1.14. The molecule has 2 aliphatic heterocycles. The molecule has 27 heavy (non-hydrogen) atoms. The number of urea groups is 1. The first-order valence-corrected chi connectivity index (χ1v) is 8.86. The minimum Gasteiger partial charge on any atom is -0.370 e. The number of carbonyl (C=O) groups excluding carboxylic acids is 3. The number of hydrogen-bond donors (Lipinski definition) is 2. The molecule has 3 rings (SSSR count). The highest BCUT2D eigenvalue weighted by Crippen LogP contribution is 2.14. The van der Waals surface area contributed by atoms with Gasteiger partial charge in [-0.3, -0.25) is 24.8 Å². The Hall–Kier alpha value is -2.65. The molecule has 1 aromatic rings. The molecule has 144 valence electrons. The van der Waals surface area contributed by atoms with Crippen LogP contribution in [0.4, 0.5) is 9.18 Å². The number of nitrogens with one attached hydrogen (secondary N) is 2. The summed E-state index contributed by atoms with van der Waals surface area (Å²) in [6.07, 6.45) is 1.31. The number of rotatable bonds is 6. The summed E-state index contributed by atoms with van der Waals surface area (Å²) in [4.78, 5) is 43.1. The predicted molar refractivity (Wildman–Crippen MR) is 93.7 cm³/mol. The molecule has 2 aliphatic rings. The number of ether oxygens (including phenoxy) is 1. The lowest BCUT2D eigenvalue weighted by Crippen LogP contribution is -3.14. The van der Waals surface area contributed by atoms with E-state index in [9.17, 15) is 18.8 Å². The zero-order valence-corrected chi connectivity index (χ0v) is 14.8. The molecule has 1 atom stereocenters. The van der Waals surface area contributed by atoms with Crippen molar-refractivity contribution in [3.8, 4) is 0 Å². The van der Waals surface area contributed by atoms with E-state index in [1.165, 1.54) is 35.4 Å². The van der Waals surface area contributed by atoms with Crippen molar-refractivity contribution in [1.82, 2.24) is 10.2 Å². The molecule has 9 heteroatoms. The molecule has 1 aromatic carbocycles. The molecular formula is C18H22FN4O4+. The van der Waals surface area contributed by atoms with E-state index in [-0.39, 0.29) is 6.54 Å². The van der Waals surface area contributed by atoms with Gasteiger partial charge in [0.25, 0.3) is 0 Å². The number of amides is 4. The van der Waals surface area contributed by atoms with Crippen molar-refractivity contribution < 1.29 is 28.4 Å². The molecule has 2 heterocycles. The number of imide groups is 2. The number of benzene rings is 1. The Balaban J connectivity index is 1.59. The molecule has 0 bridgehead atoms. The number of aliphatic imine (C=N–C) groups is 1. The Morgan fingerprint density at radius 1 is 1.22 bits per heavy atom. The van der Waals surface area contributed by atoms with Gasteiger partial charge in [0, 0.05) is 6.21 Å². The van der Waals surface area contributed by atoms with Crippen molar-refractivity contribution in [2.75, 3.05) is 39.4 Å². The van der Waals surface area contributed by atoms with Crippen LogP contribution in [0.5, 0.6) is 0 Å². The Morgan fingerprint density at radius 3 is 2.63 bits per heavy atom. The summed E-state index contributed by atoms with van der Waals surface area (Å²) in [5.41, 5.74) is 0.584. The third-order valence-electron chi connectivity index (χ3n) is 4.59. The van der Waals surface area contributed by atoms with Gasteiger partial charge in [-0.1, -0.05) is 12.1 Å². The highest BCUT2D eigenvalue weighted by Gasteiger charge is 2.39. The molecular weight excluding hydrogens is 355 g/mol. The molecule has 8 nitrogen and oxygen atoms in total. The van der Waals surface area contributed by atoms with Crippen LogP contribution in [0.25, 0.3) is 0 Å². The molecule has 0 saturated carbocycles. The highest BCUT2D eigenvalue weighted by molar-refractivity contribution is 6.23. The van der Waals surface area contributed by atoms with E-state index < -0.39 is 29.6 Å². The van der Waals surface area contributed by atoms with Crippen LogP contribution in [0.3, 0.4) is 0 Å². The lowest BCUT2D eigenvalue weighted by atomic mass is 10.1. The van der Waals surface area contributed by atoms with E-state index in [4.69, 9.17) is 4.74 Å². The van der Waals surface area contributed by atoms with Crippen LogP contribution in [-0.2, 0) is 20.9 Å². The van der Waals surface area contributed by atoms with E-state index in [0.29, 0.717) is 12.1 Å². The molecule has 0 unspecified atom stereocenters. The van der Waals surface area contributed by atoms with Gasteiger partial charge in [0.1, 0.15) is 18.9 Å². The number of morpholine rings is 1.